The van der Waals surface area contributed by atoms with Gasteiger partial charge in [-0.05, 0) is 6.07 Å². The molecule has 0 fully saturated rings. The molecule has 8 heteroatoms. The predicted molar refractivity (Wildman–Crippen MR) is 77.6 cm³/mol. The van der Waals surface area contributed by atoms with Gasteiger partial charge in [-0.25, -0.2) is 18.1 Å². The van der Waals surface area contributed by atoms with Crippen LogP contribution in [0.1, 0.15) is 11.4 Å². The van der Waals surface area contributed by atoms with Crippen molar-refractivity contribution in [2.24, 2.45) is 5.73 Å². The first-order valence-electron chi connectivity index (χ1n) is 6.24. The first kappa shape index (κ1) is 15.2. The van der Waals surface area contributed by atoms with Crippen LogP contribution in [0, 0.1) is 11.8 Å². The van der Waals surface area contributed by atoms with Gasteiger partial charge in [0.25, 0.3) is 0 Å². The molecule has 0 unspecified atom stereocenters. The highest BCUT2D eigenvalue weighted by Gasteiger charge is 2.14. The van der Waals surface area contributed by atoms with Crippen LogP contribution < -0.4 is 10.5 Å². The number of sulfonamides is 1. The molecular formula is C13H15N5O2S. The normalized spacial score (nSPS) is 10.9. The van der Waals surface area contributed by atoms with Crippen molar-refractivity contribution in [3.8, 4) is 11.8 Å². The third-order valence-corrected chi connectivity index (χ3v) is 4.00. The Morgan fingerprint density at radius 2 is 2.24 bits per heavy atom. The molecule has 0 aliphatic carbocycles. The van der Waals surface area contributed by atoms with E-state index < -0.39 is 10.0 Å². The van der Waals surface area contributed by atoms with E-state index in [1.807, 2.05) is 0 Å². The summed E-state index contributed by atoms with van der Waals surface area (Å²) < 4.78 is 26.8. The first-order chi connectivity index (χ1) is 10.1. The Labute approximate surface area is 123 Å². The van der Waals surface area contributed by atoms with Gasteiger partial charge in [-0.3, -0.25) is 4.98 Å². The molecule has 2 aromatic rings. The van der Waals surface area contributed by atoms with Crippen LogP contribution in [0.3, 0.4) is 0 Å². The topological polar surface area (TPSA) is 114 Å². The number of aromatic nitrogens is 3. The van der Waals surface area contributed by atoms with Gasteiger partial charge in [-0.2, -0.15) is 0 Å². The number of nitrogens with zero attached hydrogens (tertiary/aromatic N) is 2. The third-order valence-electron chi connectivity index (χ3n) is 2.57. The number of nitrogens with two attached hydrogens (primary N) is 1. The lowest BCUT2D eigenvalue weighted by molar-refractivity contribution is 0.580. The number of pyridine rings is 1. The molecule has 110 valence electrons. The molecule has 2 aromatic heterocycles. The van der Waals surface area contributed by atoms with E-state index in [2.05, 4.69) is 31.5 Å². The highest BCUT2D eigenvalue weighted by atomic mass is 32.2. The average molecular weight is 305 g/mol. The molecule has 0 aromatic carbocycles. The Kier molecular flexibility index (Phi) is 5.05. The molecular weight excluding hydrogens is 290 g/mol. The summed E-state index contributed by atoms with van der Waals surface area (Å²) in [4.78, 5) is 10.9. The predicted octanol–water partition coefficient (Wildman–Crippen LogP) is -0.364. The van der Waals surface area contributed by atoms with E-state index in [1.54, 1.807) is 12.4 Å². The van der Waals surface area contributed by atoms with E-state index in [-0.39, 0.29) is 18.0 Å². The molecule has 0 amide bonds. The smallest absolute Gasteiger partial charge is 0.242 e. The number of hydrogen-bond acceptors (Lipinski definition) is 5. The Hall–Kier alpha value is -2.21. The van der Waals surface area contributed by atoms with Crippen LogP contribution in [0.2, 0.25) is 0 Å². The van der Waals surface area contributed by atoms with Crippen molar-refractivity contribution in [1.82, 2.24) is 19.7 Å². The molecule has 0 aliphatic rings. The van der Waals surface area contributed by atoms with Crippen LogP contribution in [0.4, 0.5) is 0 Å². The van der Waals surface area contributed by atoms with Crippen molar-refractivity contribution in [3.63, 3.8) is 0 Å². The second kappa shape index (κ2) is 6.99. The standard InChI is InChI=1S/C13H15N5O2S/c14-4-1-2-11-8-12(10-15-9-11)21(19,20)18-5-3-13-16-6-7-17-13/h6-10,18H,3-5,14H2,(H,16,17). The molecule has 0 saturated carbocycles. The van der Waals surface area contributed by atoms with Crippen LogP contribution in [-0.4, -0.2) is 36.5 Å². The number of hydrogen-bond donors (Lipinski definition) is 3. The van der Waals surface area contributed by atoms with Crippen LogP contribution in [-0.2, 0) is 16.4 Å². The number of aromatic amines is 1. The zero-order valence-electron chi connectivity index (χ0n) is 11.2. The van der Waals surface area contributed by atoms with Crippen molar-refractivity contribution in [2.45, 2.75) is 11.3 Å². The SMILES string of the molecule is NCC#Cc1cncc(S(=O)(=O)NCCc2ncc[nH]2)c1. The summed E-state index contributed by atoms with van der Waals surface area (Å²) in [6, 6.07) is 1.46. The van der Waals surface area contributed by atoms with Gasteiger partial charge in [-0.1, -0.05) is 11.8 Å². The highest BCUT2D eigenvalue weighted by molar-refractivity contribution is 7.89. The van der Waals surface area contributed by atoms with E-state index in [1.165, 1.54) is 18.5 Å². The molecule has 0 radical (unpaired) electrons. The van der Waals surface area contributed by atoms with Crippen molar-refractivity contribution in [2.75, 3.05) is 13.1 Å². The number of rotatable bonds is 5. The zero-order chi connectivity index (χ0) is 15.1. The molecule has 0 aliphatic heterocycles. The largest absolute Gasteiger partial charge is 0.349 e. The van der Waals surface area contributed by atoms with Gasteiger partial charge in [0.1, 0.15) is 10.7 Å². The maximum atomic E-state index is 12.1. The molecule has 21 heavy (non-hydrogen) atoms. The summed E-state index contributed by atoms with van der Waals surface area (Å²) >= 11 is 0. The van der Waals surface area contributed by atoms with Crippen LogP contribution >= 0.6 is 0 Å². The van der Waals surface area contributed by atoms with E-state index in [4.69, 9.17) is 5.73 Å². The van der Waals surface area contributed by atoms with E-state index >= 15 is 0 Å². The molecule has 0 spiro atoms. The molecule has 7 nitrogen and oxygen atoms in total. The quantitative estimate of drug-likeness (QED) is 0.653. The average Bonchev–Trinajstić information content (AvgIpc) is 2.98. The summed E-state index contributed by atoms with van der Waals surface area (Å²) in [6.07, 6.45) is 6.56. The summed E-state index contributed by atoms with van der Waals surface area (Å²) in [5.41, 5.74) is 5.79. The lowest BCUT2D eigenvalue weighted by Crippen LogP contribution is -2.26. The maximum Gasteiger partial charge on any atom is 0.242 e. The summed E-state index contributed by atoms with van der Waals surface area (Å²) in [5.74, 6) is 6.13. The summed E-state index contributed by atoms with van der Waals surface area (Å²) in [6.45, 7) is 0.451. The highest BCUT2D eigenvalue weighted by Crippen LogP contribution is 2.08. The van der Waals surface area contributed by atoms with Gasteiger partial charge in [0.2, 0.25) is 10.0 Å². The van der Waals surface area contributed by atoms with Gasteiger partial charge < -0.3 is 10.7 Å². The van der Waals surface area contributed by atoms with E-state index in [9.17, 15) is 8.42 Å². The second-order valence-electron chi connectivity index (χ2n) is 4.10. The van der Waals surface area contributed by atoms with Crippen molar-refractivity contribution >= 4 is 10.0 Å². The minimum absolute atomic E-state index is 0.0748. The molecule has 0 saturated heterocycles. The summed E-state index contributed by atoms with van der Waals surface area (Å²) in [5, 5.41) is 0. The Morgan fingerprint density at radius 1 is 1.38 bits per heavy atom. The number of imidazole rings is 1. The fraction of sp³-hybridized carbons (Fsp3) is 0.231. The lowest BCUT2D eigenvalue weighted by Gasteiger charge is -2.05. The molecule has 0 bridgehead atoms. The molecule has 2 rings (SSSR count). The molecule has 0 atom stereocenters. The lowest BCUT2D eigenvalue weighted by atomic mass is 10.3. The van der Waals surface area contributed by atoms with Gasteiger partial charge in [0.15, 0.2) is 0 Å². The molecule has 2 heterocycles. The van der Waals surface area contributed by atoms with Crippen LogP contribution in [0.5, 0.6) is 0 Å². The van der Waals surface area contributed by atoms with Crippen molar-refractivity contribution < 1.29 is 8.42 Å². The van der Waals surface area contributed by atoms with Crippen LogP contribution in [0.25, 0.3) is 0 Å². The minimum Gasteiger partial charge on any atom is -0.349 e. The monoisotopic (exact) mass is 305 g/mol. The first-order valence-corrected chi connectivity index (χ1v) is 7.72. The van der Waals surface area contributed by atoms with E-state index in [0.29, 0.717) is 12.0 Å². The van der Waals surface area contributed by atoms with Gasteiger partial charge in [0.05, 0.1) is 6.54 Å². The fourth-order valence-electron chi connectivity index (χ4n) is 1.61. The number of H-pyrrole nitrogens is 1. The Bertz CT molecular complexity index is 744. The maximum absolute atomic E-state index is 12.1. The van der Waals surface area contributed by atoms with E-state index in [0.717, 1.165) is 5.82 Å². The van der Waals surface area contributed by atoms with Gasteiger partial charge >= 0.3 is 0 Å². The second-order valence-corrected chi connectivity index (χ2v) is 5.87. The third kappa shape index (κ3) is 4.39. The van der Waals surface area contributed by atoms with Crippen molar-refractivity contribution in [3.05, 3.63) is 42.2 Å². The minimum atomic E-state index is -3.61. The zero-order valence-corrected chi connectivity index (χ0v) is 12.0. The fourth-order valence-corrected chi connectivity index (χ4v) is 2.63. The molecule has 4 N–H and O–H groups in total. The Morgan fingerprint density at radius 3 is 2.95 bits per heavy atom. The van der Waals surface area contributed by atoms with Gasteiger partial charge in [-0.15, -0.1) is 0 Å². The Balaban J connectivity index is 2.04. The van der Waals surface area contributed by atoms with Gasteiger partial charge in [0, 0.05) is 43.3 Å². The summed E-state index contributed by atoms with van der Waals surface area (Å²) in [7, 11) is -3.61. The van der Waals surface area contributed by atoms with Crippen molar-refractivity contribution in [1.29, 1.82) is 0 Å². The number of nitrogens with one attached hydrogen (secondary N) is 2. The van der Waals surface area contributed by atoms with Crippen LogP contribution in [0.15, 0.2) is 35.7 Å².